The van der Waals surface area contributed by atoms with Gasteiger partial charge in [-0.3, -0.25) is 14.0 Å². The average Bonchev–Trinajstić information content (AvgIpc) is 3.31. The van der Waals surface area contributed by atoms with E-state index < -0.39 is 0 Å². The first-order chi connectivity index (χ1) is 11.2. The van der Waals surface area contributed by atoms with Crippen LogP contribution in [0.2, 0.25) is 0 Å². The van der Waals surface area contributed by atoms with Gasteiger partial charge in [0.05, 0.1) is 5.56 Å². The highest BCUT2D eigenvalue weighted by Crippen LogP contribution is 2.31. The van der Waals surface area contributed by atoms with Gasteiger partial charge in [0.2, 0.25) is 5.91 Å². The molecule has 120 valence electrons. The Morgan fingerprint density at radius 3 is 2.96 bits per heavy atom. The predicted octanol–water partition coefficient (Wildman–Crippen LogP) is 0.860. The molecule has 2 amide bonds. The predicted molar refractivity (Wildman–Crippen MR) is 82.8 cm³/mol. The summed E-state index contributed by atoms with van der Waals surface area (Å²) in [4.78, 5) is 26.7. The zero-order valence-corrected chi connectivity index (χ0v) is 12.8. The Kier molecular flexibility index (Phi) is 3.48. The van der Waals surface area contributed by atoms with Crippen molar-refractivity contribution < 1.29 is 9.59 Å². The zero-order chi connectivity index (χ0) is 15.8. The highest BCUT2D eigenvalue weighted by Gasteiger charge is 2.35. The van der Waals surface area contributed by atoms with Gasteiger partial charge in [-0.05, 0) is 37.8 Å². The topological polar surface area (TPSA) is 79.6 Å². The number of fused-ring (bicyclic) bond motifs is 1. The van der Waals surface area contributed by atoms with Crippen molar-refractivity contribution in [3.05, 3.63) is 30.2 Å². The summed E-state index contributed by atoms with van der Waals surface area (Å²) in [7, 11) is 0. The van der Waals surface area contributed by atoms with Crippen molar-refractivity contribution in [2.45, 2.75) is 31.7 Å². The Balaban J connectivity index is 1.45. The minimum Gasteiger partial charge on any atom is -0.347 e. The maximum absolute atomic E-state index is 12.6. The van der Waals surface area contributed by atoms with Crippen LogP contribution in [0.3, 0.4) is 0 Å². The van der Waals surface area contributed by atoms with Crippen molar-refractivity contribution in [2.75, 3.05) is 13.1 Å². The number of hydrogen-bond donors (Lipinski definition) is 1. The van der Waals surface area contributed by atoms with Gasteiger partial charge in [-0.2, -0.15) is 0 Å². The molecular formula is C16H19N5O2. The molecule has 3 heterocycles. The highest BCUT2D eigenvalue weighted by atomic mass is 16.2. The van der Waals surface area contributed by atoms with E-state index in [-0.39, 0.29) is 23.8 Å². The fraction of sp³-hybridized carbons (Fsp3) is 0.500. The number of aromatic nitrogens is 3. The third-order valence-corrected chi connectivity index (χ3v) is 4.56. The number of hydrogen-bond acceptors (Lipinski definition) is 4. The van der Waals surface area contributed by atoms with Gasteiger partial charge < -0.3 is 10.2 Å². The molecule has 1 aliphatic carbocycles. The number of nitrogens with one attached hydrogen (secondary N) is 1. The monoisotopic (exact) mass is 313 g/mol. The average molecular weight is 313 g/mol. The molecule has 1 saturated carbocycles. The molecule has 4 rings (SSSR count). The first-order valence-electron chi connectivity index (χ1n) is 8.10. The number of piperidine rings is 1. The van der Waals surface area contributed by atoms with Gasteiger partial charge in [-0.1, -0.05) is 0 Å². The number of rotatable bonds is 3. The molecule has 0 aromatic carbocycles. The summed E-state index contributed by atoms with van der Waals surface area (Å²) in [5.74, 6) is 0.326. The number of likely N-dealkylation sites (tertiary alicyclic amines) is 1. The second kappa shape index (κ2) is 5.64. The number of carbonyl (C=O) groups is 2. The van der Waals surface area contributed by atoms with Gasteiger partial charge in [0, 0.05) is 31.2 Å². The maximum atomic E-state index is 12.6. The van der Waals surface area contributed by atoms with E-state index in [4.69, 9.17) is 0 Å². The number of amides is 2. The van der Waals surface area contributed by atoms with Crippen LogP contribution < -0.4 is 5.32 Å². The molecular weight excluding hydrogens is 294 g/mol. The lowest BCUT2D eigenvalue weighted by Gasteiger charge is -2.33. The van der Waals surface area contributed by atoms with E-state index in [1.807, 2.05) is 11.1 Å². The number of carbonyl (C=O) groups excluding carboxylic acids is 2. The van der Waals surface area contributed by atoms with Gasteiger partial charge in [-0.25, -0.2) is 0 Å². The molecule has 0 radical (unpaired) electrons. The minimum atomic E-state index is -0.158. The highest BCUT2D eigenvalue weighted by molar-refractivity contribution is 5.99. The fourth-order valence-electron chi connectivity index (χ4n) is 3.18. The summed E-state index contributed by atoms with van der Waals surface area (Å²) in [5.41, 5.74) is 1.06. The Morgan fingerprint density at radius 2 is 2.13 bits per heavy atom. The van der Waals surface area contributed by atoms with Crippen molar-refractivity contribution in [3.8, 4) is 0 Å². The summed E-state index contributed by atoms with van der Waals surface area (Å²) < 4.78 is 1.72. The molecule has 7 nitrogen and oxygen atoms in total. The lowest BCUT2D eigenvalue weighted by Crippen LogP contribution is -2.50. The lowest BCUT2D eigenvalue weighted by molar-refractivity contribution is -0.133. The van der Waals surface area contributed by atoms with Crippen molar-refractivity contribution in [3.63, 3.8) is 0 Å². The fourth-order valence-corrected chi connectivity index (χ4v) is 3.18. The largest absolute Gasteiger partial charge is 0.347 e. The Labute approximate surface area is 133 Å². The molecule has 1 aliphatic heterocycles. The molecule has 0 unspecified atom stereocenters. The van der Waals surface area contributed by atoms with E-state index in [2.05, 4.69) is 15.5 Å². The summed E-state index contributed by atoms with van der Waals surface area (Å²) in [6, 6.07) is 3.55. The number of pyridine rings is 1. The molecule has 7 heteroatoms. The Morgan fingerprint density at radius 1 is 1.26 bits per heavy atom. The van der Waals surface area contributed by atoms with E-state index >= 15 is 0 Å². The van der Waals surface area contributed by atoms with Crippen LogP contribution in [0.5, 0.6) is 0 Å². The third-order valence-electron chi connectivity index (χ3n) is 4.56. The van der Waals surface area contributed by atoms with Crippen LogP contribution in [-0.4, -0.2) is 50.4 Å². The van der Waals surface area contributed by atoms with Gasteiger partial charge >= 0.3 is 0 Å². The minimum absolute atomic E-state index is 0.00197. The van der Waals surface area contributed by atoms with Crippen LogP contribution in [0.4, 0.5) is 0 Å². The van der Waals surface area contributed by atoms with Crippen LogP contribution in [0.15, 0.2) is 24.7 Å². The van der Waals surface area contributed by atoms with Crippen molar-refractivity contribution in [2.24, 2.45) is 5.92 Å². The quantitative estimate of drug-likeness (QED) is 0.911. The van der Waals surface area contributed by atoms with Crippen LogP contribution in [0.1, 0.15) is 36.0 Å². The summed E-state index contributed by atoms with van der Waals surface area (Å²) in [6.45, 7) is 1.42. The second-order valence-corrected chi connectivity index (χ2v) is 6.35. The van der Waals surface area contributed by atoms with Gasteiger partial charge in [-0.15, -0.1) is 10.2 Å². The normalized spacial score (nSPS) is 21.4. The zero-order valence-electron chi connectivity index (χ0n) is 12.8. The van der Waals surface area contributed by atoms with E-state index in [0.29, 0.717) is 17.8 Å². The van der Waals surface area contributed by atoms with Crippen molar-refractivity contribution >= 4 is 17.5 Å². The molecule has 2 fully saturated rings. The smallest absolute Gasteiger partial charge is 0.255 e. The summed E-state index contributed by atoms with van der Waals surface area (Å²) >= 11 is 0. The van der Waals surface area contributed by atoms with Gasteiger partial charge in [0.25, 0.3) is 5.91 Å². The Hall–Kier alpha value is -2.44. The molecule has 2 aromatic rings. The molecule has 0 bridgehead atoms. The molecule has 1 N–H and O–H groups in total. The van der Waals surface area contributed by atoms with Gasteiger partial charge in [0.1, 0.15) is 6.33 Å². The van der Waals surface area contributed by atoms with Crippen LogP contribution in [0, 0.1) is 5.92 Å². The Bertz CT molecular complexity index is 752. The SMILES string of the molecule is O=C(N[C@@H]1CCCN(C(=O)C2CC2)C1)c1cccn2cnnc12. The van der Waals surface area contributed by atoms with Crippen LogP contribution in [-0.2, 0) is 4.79 Å². The third kappa shape index (κ3) is 2.78. The molecule has 2 aliphatic rings. The van der Waals surface area contributed by atoms with Gasteiger partial charge in [0.15, 0.2) is 5.65 Å². The van der Waals surface area contributed by atoms with E-state index in [0.717, 1.165) is 32.2 Å². The van der Waals surface area contributed by atoms with Crippen LogP contribution >= 0.6 is 0 Å². The molecule has 23 heavy (non-hydrogen) atoms. The second-order valence-electron chi connectivity index (χ2n) is 6.35. The van der Waals surface area contributed by atoms with Crippen LogP contribution in [0.25, 0.3) is 5.65 Å². The molecule has 1 atom stereocenters. The first kappa shape index (κ1) is 14.2. The molecule has 0 spiro atoms. The van der Waals surface area contributed by atoms with E-state index in [1.165, 1.54) is 0 Å². The lowest BCUT2D eigenvalue weighted by atomic mass is 10.0. The van der Waals surface area contributed by atoms with Crippen molar-refractivity contribution in [1.82, 2.24) is 24.8 Å². The van der Waals surface area contributed by atoms with Crippen molar-refractivity contribution in [1.29, 1.82) is 0 Å². The molecule has 2 aromatic heterocycles. The maximum Gasteiger partial charge on any atom is 0.255 e. The number of nitrogens with zero attached hydrogens (tertiary/aromatic N) is 4. The summed E-state index contributed by atoms with van der Waals surface area (Å²) in [6.07, 6.45) is 7.24. The standard InChI is InChI=1S/C16H19N5O2/c22-15(13-4-2-8-21-10-17-19-14(13)21)18-12-3-1-7-20(9-12)16(23)11-5-6-11/h2,4,8,10-12H,1,3,5-7,9H2,(H,18,22)/t12-/m1/s1. The van der Waals surface area contributed by atoms with E-state index in [1.54, 1.807) is 22.9 Å². The first-order valence-corrected chi connectivity index (χ1v) is 8.10. The van der Waals surface area contributed by atoms with E-state index in [9.17, 15) is 9.59 Å². The molecule has 1 saturated heterocycles. The summed E-state index contributed by atoms with van der Waals surface area (Å²) in [5, 5.41) is 10.9.